The largest absolute Gasteiger partial charge is 0.313 e. The summed E-state index contributed by atoms with van der Waals surface area (Å²) >= 11 is 0. The molecule has 0 saturated carbocycles. The van der Waals surface area contributed by atoms with Crippen LogP contribution in [0.4, 0.5) is 0 Å². The Morgan fingerprint density at radius 2 is 1.95 bits per heavy atom. The third-order valence-electron chi connectivity index (χ3n) is 3.95. The zero-order chi connectivity index (χ0) is 14.9. The van der Waals surface area contributed by atoms with E-state index in [1.165, 1.54) is 17.0 Å². The Morgan fingerprint density at radius 1 is 1.25 bits per heavy atom. The Bertz CT molecular complexity index is 590. The van der Waals surface area contributed by atoms with Crippen molar-refractivity contribution in [3.05, 3.63) is 34.4 Å². The van der Waals surface area contributed by atoms with Crippen LogP contribution in [0.1, 0.15) is 47.7 Å². The van der Waals surface area contributed by atoms with Crippen molar-refractivity contribution in [2.45, 2.75) is 46.7 Å². The summed E-state index contributed by atoms with van der Waals surface area (Å²) in [5.74, 6) is 0. The van der Waals surface area contributed by atoms with E-state index in [-0.39, 0.29) is 0 Å². The van der Waals surface area contributed by atoms with Crippen molar-refractivity contribution in [1.29, 1.82) is 0 Å². The highest BCUT2D eigenvalue weighted by atomic mass is 15.3. The van der Waals surface area contributed by atoms with Gasteiger partial charge in [0.2, 0.25) is 0 Å². The van der Waals surface area contributed by atoms with Crippen molar-refractivity contribution in [3.63, 3.8) is 0 Å². The standard InChI is InChI=1S/C15H25N5/c1-7-14(16-5)15-11(3)18-20(12(15)4)9-13-8-10(2)17-19(13)6/h8,14,16H,7,9H2,1-6H3. The molecule has 2 aromatic rings. The average molecular weight is 275 g/mol. The van der Waals surface area contributed by atoms with E-state index in [1.54, 1.807) is 0 Å². The molecule has 110 valence electrons. The van der Waals surface area contributed by atoms with Crippen molar-refractivity contribution < 1.29 is 0 Å². The fourth-order valence-electron chi connectivity index (χ4n) is 2.89. The van der Waals surface area contributed by atoms with E-state index in [2.05, 4.69) is 41.9 Å². The van der Waals surface area contributed by atoms with Crippen LogP contribution in [0.25, 0.3) is 0 Å². The smallest absolute Gasteiger partial charge is 0.0831 e. The monoisotopic (exact) mass is 275 g/mol. The minimum absolute atomic E-state index is 0.372. The first-order valence-corrected chi connectivity index (χ1v) is 7.18. The zero-order valence-electron chi connectivity index (χ0n) is 13.4. The quantitative estimate of drug-likeness (QED) is 0.910. The molecule has 0 fully saturated rings. The first-order valence-electron chi connectivity index (χ1n) is 7.18. The molecule has 1 N–H and O–H groups in total. The highest BCUT2D eigenvalue weighted by Crippen LogP contribution is 2.24. The van der Waals surface area contributed by atoms with Crippen LogP contribution < -0.4 is 5.32 Å². The third-order valence-corrected chi connectivity index (χ3v) is 3.95. The molecule has 20 heavy (non-hydrogen) atoms. The van der Waals surface area contributed by atoms with Gasteiger partial charge in [-0.25, -0.2) is 0 Å². The number of rotatable bonds is 5. The lowest BCUT2D eigenvalue weighted by Gasteiger charge is -2.14. The predicted molar refractivity (Wildman–Crippen MR) is 80.8 cm³/mol. The second-order valence-electron chi connectivity index (χ2n) is 5.39. The minimum atomic E-state index is 0.372. The third kappa shape index (κ3) is 2.63. The van der Waals surface area contributed by atoms with Crippen molar-refractivity contribution >= 4 is 0 Å². The Kier molecular flexibility index (Phi) is 4.28. The SMILES string of the molecule is CCC(NC)c1c(C)nn(Cc2cc(C)nn2C)c1C. The van der Waals surface area contributed by atoms with Gasteiger partial charge in [0.05, 0.1) is 23.6 Å². The van der Waals surface area contributed by atoms with Crippen molar-refractivity contribution in [1.82, 2.24) is 24.9 Å². The Morgan fingerprint density at radius 3 is 2.45 bits per heavy atom. The summed E-state index contributed by atoms with van der Waals surface area (Å²) in [5, 5.41) is 12.5. The van der Waals surface area contributed by atoms with E-state index in [4.69, 9.17) is 5.10 Å². The lowest BCUT2D eigenvalue weighted by molar-refractivity contribution is 0.565. The van der Waals surface area contributed by atoms with Gasteiger partial charge in [-0.1, -0.05) is 6.92 Å². The molecular formula is C15H25N5. The molecule has 0 aliphatic carbocycles. The highest BCUT2D eigenvalue weighted by molar-refractivity contribution is 5.29. The molecule has 0 aliphatic heterocycles. The molecule has 2 heterocycles. The molecule has 2 aromatic heterocycles. The van der Waals surface area contributed by atoms with Gasteiger partial charge in [-0.3, -0.25) is 9.36 Å². The van der Waals surface area contributed by atoms with Crippen molar-refractivity contribution in [2.24, 2.45) is 7.05 Å². The fourth-order valence-corrected chi connectivity index (χ4v) is 2.89. The van der Waals surface area contributed by atoms with Gasteiger partial charge in [0.1, 0.15) is 0 Å². The van der Waals surface area contributed by atoms with E-state index in [1.807, 2.05) is 25.7 Å². The van der Waals surface area contributed by atoms with Gasteiger partial charge in [0.25, 0.3) is 0 Å². The predicted octanol–water partition coefficient (Wildman–Crippen LogP) is 2.26. The summed E-state index contributed by atoms with van der Waals surface area (Å²) < 4.78 is 4.02. The number of hydrogen-bond donors (Lipinski definition) is 1. The second kappa shape index (κ2) is 5.79. The molecular weight excluding hydrogens is 250 g/mol. The molecule has 5 heteroatoms. The van der Waals surface area contributed by atoms with Gasteiger partial charge < -0.3 is 5.32 Å². The Balaban J connectivity index is 2.34. The van der Waals surface area contributed by atoms with Crippen LogP contribution in [-0.2, 0) is 13.6 Å². The van der Waals surface area contributed by atoms with E-state index in [0.29, 0.717) is 6.04 Å². The molecule has 5 nitrogen and oxygen atoms in total. The molecule has 1 unspecified atom stereocenters. The summed E-state index contributed by atoms with van der Waals surface area (Å²) in [5.41, 5.74) is 5.90. The highest BCUT2D eigenvalue weighted by Gasteiger charge is 2.19. The number of aromatic nitrogens is 4. The first-order chi connectivity index (χ1) is 9.47. The average Bonchev–Trinajstić information content (AvgIpc) is 2.85. The van der Waals surface area contributed by atoms with Crippen LogP contribution >= 0.6 is 0 Å². The zero-order valence-corrected chi connectivity index (χ0v) is 13.4. The molecule has 0 aromatic carbocycles. The summed E-state index contributed by atoms with van der Waals surface area (Å²) in [7, 11) is 3.99. The van der Waals surface area contributed by atoms with Crippen LogP contribution in [0.5, 0.6) is 0 Å². The van der Waals surface area contributed by atoms with Gasteiger partial charge >= 0.3 is 0 Å². The molecule has 0 radical (unpaired) electrons. The number of aryl methyl sites for hydroxylation is 3. The van der Waals surface area contributed by atoms with Gasteiger partial charge in [0, 0.05) is 24.3 Å². The molecule has 0 spiro atoms. The maximum atomic E-state index is 4.71. The van der Waals surface area contributed by atoms with Gasteiger partial charge in [-0.2, -0.15) is 10.2 Å². The van der Waals surface area contributed by atoms with E-state index in [9.17, 15) is 0 Å². The van der Waals surface area contributed by atoms with Crippen molar-refractivity contribution in [2.75, 3.05) is 7.05 Å². The molecule has 0 bridgehead atoms. The number of nitrogens with zero attached hydrogens (tertiary/aromatic N) is 4. The van der Waals surface area contributed by atoms with Crippen molar-refractivity contribution in [3.8, 4) is 0 Å². The topological polar surface area (TPSA) is 47.7 Å². The minimum Gasteiger partial charge on any atom is -0.313 e. The van der Waals surface area contributed by atoms with Crippen LogP contribution in [0.2, 0.25) is 0 Å². The summed E-state index contributed by atoms with van der Waals surface area (Å²) in [6, 6.07) is 2.49. The normalized spacial score (nSPS) is 12.9. The summed E-state index contributed by atoms with van der Waals surface area (Å²) in [6.07, 6.45) is 1.06. The van der Waals surface area contributed by atoms with Gasteiger partial charge in [0.15, 0.2) is 0 Å². The van der Waals surface area contributed by atoms with Crippen LogP contribution in [0, 0.1) is 20.8 Å². The molecule has 0 saturated heterocycles. The molecule has 0 amide bonds. The maximum absolute atomic E-state index is 4.71. The Labute approximate surface area is 121 Å². The summed E-state index contributed by atoms with van der Waals surface area (Å²) in [6.45, 7) is 9.22. The van der Waals surface area contributed by atoms with Crippen LogP contribution in [-0.4, -0.2) is 26.6 Å². The summed E-state index contributed by atoms with van der Waals surface area (Å²) in [4.78, 5) is 0. The van der Waals surface area contributed by atoms with E-state index >= 15 is 0 Å². The first kappa shape index (κ1) is 14.8. The molecule has 1 atom stereocenters. The van der Waals surface area contributed by atoms with E-state index in [0.717, 1.165) is 24.4 Å². The maximum Gasteiger partial charge on any atom is 0.0831 e. The van der Waals surface area contributed by atoms with Crippen LogP contribution in [0.15, 0.2) is 6.07 Å². The fraction of sp³-hybridized carbons (Fsp3) is 0.600. The van der Waals surface area contributed by atoms with E-state index < -0.39 is 0 Å². The lowest BCUT2D eigenvalue weighted by Crippen LogP contribution is -2.17. The number of nitrogens with one attached hydrogen (secondary N) is 1. The van der Waals surface area contributed by atoms with Crippen LogP contribution in [0.3, 0.4) is 0 Å². The Hall–Kier alpha value is -1.62. The number of hydrogen-bond acceptors (Lipinski definition) is 3. The second-order valence-corrected chi connectivity index (χ2v) is 5.39. The molecule has 2 rings (SSSR count). The molecule has 0 aliphatic rings. The van der Waals surface area contributed by atoms with Gasteiger partial charge in [-0.15, -0.1) is 0 Å². The lowest BCUT2D eigenvalue weighted by atomic mass is 10.0. The van der Waals surface area contributed by atoms with Gasteiger partial charge in [-0.05, 0) is 40.3 Å².